The normalized spacial score (nSPS) is 27.0. The molecule has 0 aliphatic carbocycles. The third-order valence-corrected chi connectivity index (χ3v) is 3.84. The van der Waals surface area contributed by atoms with Crippen molar-refractivity contribution >= 4 is 17.8 Å². The molecule has 2 aliphatic rings. The Kier molecular flexibility index (Phi) is 3.53. The van der Waals surface area contributed by atoms with Crippen LogP contribution in [0.1, 0.15) is 6.42 Å². The summed E-state index contributed by atoms with van der Waals surface area (Å²) in [5.74, 6) is 2.88. The van der Waals surface area contributed by atoms with Gasteiger partial charge in [-0.3, -0.25) is 0 Å². The molecule has 2 saturated heterocycles. The van der Waals surface area contributed by atoms with E-state index in [9.17, 15) is 4.79 Å². The molecule has 0 aromatic rings. The van der Waals surface area contributed by atoms with Crippen LogP contribution in [0.5, 0.6) is 0 Å². The average molecular weight is 215 g/mol. The van der Waals surface area contributed by atoms with E-state index < -0.39 is 0 Å². The Morgan fingerprint density at radius 3 is 2.93 bits per heavy atom. The Bertz CT molecular complexity index is 202. The first kappa shape index (κ1) is 10.1. The number of carbonyl (C=O) groups excluding carboxylic acids is 1. The standard InChI is InChI=1S/C9H17N3OS/c13-9(11-5-7-3-10-4-7)12-8-1-2-14-6-8/h7-8,10H,1-6H2,(H2,11,12,13). The van der Waals surface area contributed by atoms with Gasteiger partial charge in [-0.05, 0) is 12.2 Å². The van der Waals surface area contributed by atoms with Crippen molar-refractivity contribution in [2.45, 2.75) is 12.5 Å². The van der Waals surface area contributed by atoms with E-state index >= 15 is 0 Å². The average Bonchev–Trinajstić information content (AvgIpc) is 2.54. The van der Waals surface area contributed by atoms with Gasteiger partial charge in [-0.25, -0.2) is 4.79 Å². The Hall–Kier alpha value is -0.420. The van der Waals surface area contributed by atoms with Crippen LogP contribution in [0.2, 0.25) is 0 Å². The number of hydrogen-bond donors (Lipinski definition) is 3. The highest BCUT2D eigenvalue weighted by molar-refractivity contribution is 7.99. The van der Waals surface area contributed by atoms with Crippen molar-refractivity contribution in [1.82, 2.24) is 16.0 Å². The largest absolute Gasteiger partial charge is 0.338 e. The molecule has 0 bridgehead atoms. The molecule has 14 heavy (non-hydrogen) atoms. The first-order chi connectivity index (χ1) is 6.84. The maximum absolute atomic E-state index is 11.4. The second-order valence-electron chi connectivity index (χ2n) is 3.94. The van der Waals surface area contributed by atoms with Crippen molar-refractivity contribution in [2.75, 3.05) is 31.1 Å². The van der Waals surface area contributed by atoms with Crippen molar-refractivity contribution in [1.29, 1.82) is 0 Å². The van der Waals surface area contributed by atoms with E-state index in [1.165, 1.54) is 5.75 Å². The topological polar surface area (TPSA) is 53.2 Å². The van der Waals surface area contributed by atoms with Gasteiger partial charge in [-0.2, -0.15) is 11.8 Å². The first-order valence-electron chi connectivity index (χ1n) is 5.17. The molecule has 0 saturated carbocycles. The second-order valence-corrected chi connectivity index (χ2v) is 5.09. The lowest BCUT2D eigenvalue weighted by Gasteiger charge is -2.27. The minimum Gasteiger partial charge on any atom is -0.338 e. The number of urea groups is 1. The summed E-state index contributed by atoms with van der Waals surface area (Å²) in [6.45, 7) is 2.89. The van der Waals surface area contributed by atoms with Gasteiger partial charge < -0.3 is 16.0 Å². The van der Waals surface area contributed by atoms with Gasteiger partial charge in [0.05, 0.1) is 0 Å². The fourth-order valence-corrected chi connectivity index (χ4v) is 2.77. The number of amides is 2. The number of thioether (sulfide) groups is 1. The maximum Gasteiger partial charge on any atom is 0.315 e. The number of hydrogen-bond acceptors (Lipinski definition) is 3. The van der Waals surface area contributed by atoms with Gasteiger partial charge in [0.25, 0.3) is 0 Å². The summed E-state index contributed by atoms with van der Waals surface area (Å²) in [5.41, 5.74) is 0. The Morgan fingerprint density at radius 1 is 1.50 bits per heavy atom. The van der Waals surface area contributed by atoms with Crippen molar-refractivity contribution in [3.05, 3.63) is 0 Å². The highest BCUT2D eigenvalue weighted by Gasteiger charge is 2.20. The Balaban J connectivity index is 1.57. The van der Waals surface area contributed by atoms with Crippen LogP contribution < -0.4 is 16.0 Å². The predicted octanol–water partition coefficient (Wildman–Crippen LogP) is 0.0105. The molecular weight excluding hydrogens is 198 g/mol. The second kappa shape index (κ2) is 4.89. The van der Waals surface area contributed by atoms with E-state index in [1.807, 2.05) is 11.8 Å². The highest BCUT2D eigenvalue weighted by atomic mass is 32.2. The van der Waals surface area contributed by atoms with E-state index in [4.69, 9.17) is 0 Å². The molecule has 2 aliphatic heterocycles. The molecule has 80 valence electrons. The molecule has 4 nitrogen and oxygen atoms in total. The SMILES string of the molecule is O=C(NCC1CNC1)NC1CCSC1. The lowest BCUT2D eigenvalue weighted by Crippen LogP contribution is -2.51. The van der Waals surface area contributed by atoms with Crippen LogP contribution in [0.15, 0.2) is 0 Å². The van der Waals surface area contributed by atoms with Crippen molar-refractivity contribution < 1.29 is 4.79 Å². The van der Waals surface area contributed by atoms with Gasteiger partial charge in [-0.1, -0.05) is 0 Å². The molecule has 2 rings (SSSR count). The third-order valence-electron chi connectivity index (χ3n) is 2.68. The molecule has 3 N–H and O–H groups in total. The zero-order chi connectivity index (χ0) is 9.80. The summed E-state index contributed by atoms with van der Waals surface area (Å²) in [7, 11) is 0. The minimum atomic E-state index is 0.00407. The lowest BCUT2D eigenvalue weighted by molar-refractivity contribution is 0.232. The highest BCUT2D eigenvalue weighted by Crippen LogP contribution is 2.16. The molecule has 0 radical (unpaired) electrons. The summed E-state index contributed by atoms with van der Waals surface area (Å²) in [6.07, 6.45) is 1.11. The van der Waals surface area contributed by atoms with E-state index in [-0.39, 0.29) is 6.03 Å². The van der Waals surface area contributed by atoms with Crippen molar-refractivity contribution in [2.24, 2.45) is 5.92 Å². The number of nitrogens with one attached hydrogen (secondary N) is 3. The van der Waals surface area contributed by atoms with Crippen LogP contribution in [-0.2, 0) is 0 Å². The zero-order valence-electron chi connectivity index (χ0n) is 8.21. The van der Waals surface area contributed by atoms with Gasteiger partial charge in [0.1, 0.15) is 0 Å². The summed E-state index contributed by atoms with van der Waals surface area (Å²) in [4.78, 5) is 11.4. The van der Waals surface area contributed by atoms with Crippen LogP contribution >= 0.6 is 11.8 Å². The zero-order valence-corrected chi connectivity index (χ0v) is 9.03. The molecular formula is C9H17N3OS. The van der Waals surface area contributed by atoms with Crippen LogP contribution in [0.4, 0.5) is 4.79 Å². The molecule has 0 aromatic heterocycles. The smallest absolute Gasteiger partial charge is 0.315 e. The quantitative estimate of drug-likeness (QED) is 0.621. The fraction of sp³-hybridized carbons (Fsp3) is 0.889. The molecule has 2 fully saturated rings. The van der Waals surface area contributed by atoms with E-state index in [2.05, 4.69) is 16.0 Å². The summed E-state index contributed by atoms with van der Waals surface area (Å²) in [6, 6.07) is 0.393. The fourth-order valence-electron chi connectivity index (χ4n) is 1.61. The van der Waals surface area contributed by atoms with Gasteiger partial charge >= 0.3 is 6.03 Å². The van der Waals surface area contributed by atoms with Gasteiger partial charge in [0, 0.05) is 37.3 Å². The molecule has 2 heterocycles. The predicted molar refractivity (Wildman–Crippen MR) is 58.6 cm³/mol. The van der Waals surface area contributed by atoms with E-state index in [0.717, 1.165) is 31.8 Å². The van der Waals surface area contributed by atoms with E-state index in [0.29, 0.717) is 12.0 Å². The van der Waals surface area contributed by atoms with Crippen LogP contribution in [0.3, 0.4) is 0 Å². The molecule has 1 atom stereocenters. The summed E-state index contributed by atoms with van der Waals surface area (Å²) >= 11 is 1.91. The Labute approximate surface area is 88.6 Å². The van der Waals surface area contributed by atoms with Gasteiger partial charge in [-0.15, -0.1) is 0 Å². The number of carbonyl (C=O) groups is 1. The monoisotopic (exact) mass is 215 g/mol. The summed E-state index contributed by atoms with van der Waals surface area (Å²) in [5, 5.41) is 9.09. The molecule has 0 aromatic carbocycles. The lowest BCUT2D eigenvalue weighted by atomic mass is 10.0. The summed E-state index contributed by atoms with van der Waals surface area (Å²) < 4.78 is 0. The maximum atomic E-state index is 11.4. The third kappa shape index (κ3) is 2.78. The minimum absolute atomic E-state index is 0.00407. The van der Waals surface area contributed by atoms with Crippen molar-refractivity contribution in [3.63, 3.8) is 0 Å². The molecule has 2 amide bonds. The van der Waals surface area contributed by atoms with Crippen LogP contribution in [0.25, 0.3) is 0 Å². The first-order valence-corrected chi connectivity index (χ1v) is 6.33. The Morgan fingerprint density at radius 2 is 2.36 bits per heavy atom. The van der Waals surface area contributed by atoms with Crippen LogP contribution in [-0.4, -0.2) is 43.2 Å². The van der Waals surface area contributed by atoms with Crippen LogP contribution in [0, 0.1) is 5.92 Å². The van der Waals surface area contributed by atoms with Crippen molar-refractivity contribution in [3.8, 4) is 0 Å². The van der Waals surface area contributed by atoms with Gasteiger partial charge in [0.15, 0.2) is 0 Å². The molecule has 1 unspecified atom stereocenters. The number of rotatable bonds is 3. The molecule has 5 heteroatoms. The van der Waals surface area contributed by atoms with E-state index in [1.54, 1.807) is 0 Å². The molecule has 0 spiro atoms. The van der Waals surface area contributed by atoms with Gasteiger partial charge in [0.2, 0.25) is 0 Å².